The van der Waals surface area contributed by atoms with Crippen LogP contribution >= 0.6 is 0 Å². The van der Waals surface area contributed by atoms with Crippen LogP contribution in [-0.2, 0) is 4.79 Å². The van der Waals surface area contributed by atoms with Crippen molar-refractivity contribution >= 4 is 5.91 Å². The number of carbonyl (C=O) groups is 1. The lowest BCUT2D eigenvalue weighted by molar-refractivity contribution is -0.314. The van der Waals surface area contributed by atoms with Crippen molar-refractivity contribution in [3.8, 4) is 0 Å². The third-order valence-electron chi connectivity index (χ3n) is 6.25. The number of allylic oxidation sites excluding steroid dienone is 2. The molecule has 0 spiro atoms. The van der Waals surface area contributed by atoms with E-state index in [0.717, 1.165) is 51.4 Å². The maximum Gasteiger partial charge on any atom is 0.275 e. The van der Waals surface area contributed by atoms with Gasteiger partial charge in [-0.05, 0) is 69.1 Å². The molecule has 6 heteroatoms. The van der Waals surface area contributed by atoms with Gasteiger partial charge in [0.2, 0.25) is 5.91 Å². The average molecular weight is 416 g/mol. The van der Waals surface area contributed by atoms with E-state index in [1.807, 2.05) is 6.08 Å². The largest absolute Gasteiger partial charge is 0.370 e. The predicted octanol–water partition coefficient (Wildman–Crippen LogP) is 4.34. The molecule has 29 heavy (non-hydrogen) atoms. The van der Waals surface area contributed by atoms with E-state index in [2.05, 4.69) is 13.0 Å². The maximum atomic E-state index is 14.2. The summed E-state index contributed by atoms with van der Waals surface area (Å²) in [5.41, 5.74) is 5.49. The highest BCUT2D eigenvalue weighted by Crippen LogP contribution is 2.42. The van der Waals surface area contributed by atoms with Crippen LogP contribution < -0.4 is 5.73 Å². The van der Waals surface area contributed by atoms with Gasteiger partial charge in [0.15, 0.2) is 0 Å². The van der Waals surface area contributed by atoms with Gasteiger partial charge in [-0.1, -0.05) is 44.8 Å². The molecule has 1 saturated carbocycles. The number of primary amides is 1. The fourth-order valence-electron chi connectivity index (χ4n) is 4.71. The Morgan fingerprint density at radius 1 is 1.14 bits per heavy atom. The first-order chi connectivity index (χ1) is 13.7. The molecule has 4 atom stereocenters. The molecule has 1 aliphatic carbocycles. The van der Waals surface area contributed by atoms with Crippen LogP contribution in [0.4, 0.5) is 4.39 Å². The number of carbonyl (C=O) groups excluding carboxylic acids is 1. The molecule has 1 unspecified atom stereocenters. The average Bonchev–Trinajstić information content (AvgIpc) is 3.09. The van der Waals surface area contributed by atoms with E-state index in [4.69, 9.17) is 21.1 Å². The summed E-state index contributed by atoms with van der Waals surface area (Å²) >= 11 is 0. The molecular formula is C23H42FNO4. The molecule has 1 fully saturated rings. The minimum absolute atomic E-state index is 0.0767. The molecule has 1 aliphatic rings. The summed E-state index contributed by atoms with van der Waals surface area (Å²) in [7, 11) is 0. The van der Waals surface area contributed by atoms with E-state index in [1.54, 1.807) is 0 Å². The standard InChI is InChI=1S/C23H42FNO4/c1-2-3-6-12-20(24)15-14-19(17-22(25)26)21-13-9-11-18(21)10-7-4-5-8-16-23(27,28)29/h4,7,18-21,27-29H,2-3,5-6,8-17H2,1H3,(H2,25,26)/t18-,19?,20-,21-/m0/s1. The number of aliphatic hydroxyl groups is 3. The molecule has 5 N–H and O–H groups in total. The number of hydrogen-bond donors (Lipinski definition) is 4. The van der Waals surface area contributed by atoms with E-state index in [9.17, 15) is 9.18 Å². The van der Waals surface area contributed by atoms with Crippen LogP contribution in [0.3, 0.4) is 0 Å². The van der Waals surface area contributed by atoms with Crippen molar-refractivity contribution in [2.45, 2.75) is 109 Å². The molecule has 0 bridgehead atoms. The van der Waals surface area contributed by atoms with Crippen LogP contribution in [0, 0.1) is 17.8 Å². The molecule has 0 heterocycles. The fourth-order valence-corrected chi connectivity index (χ4v) is 4.71. The maximum absolute atomic E-state index is 14.2. The van der Waals surface area contributed by atoms with E-state index in [-0.39, 0.29) is 18.2 Å². The van der Waals surface area contributed by atoms with Gasteiger partial charge in [0, 0.05) is 12.8 Å². The lowest BCUT2D eigenvalue weighted by Gasteiger charge is -2.28. The van der Waals surface area contributed by atoms with Crippen LogP contribution in [0.1, 0.15) is 96.8 Å². The topological polar surface area (TPSA) is 104 Å². The number of hydrogen-bond acceptors (Lipinski definition) is 4. The van der Waals surface area contributed by atoms with Crippen LogP contribution in [-0.4, -0.2) is 33.4 Å². The normalized spacial score (nSPS) is 22.2. The van der Waals surface area contributed by atoms with Crippen molar-refractivity contribution in [1.82, 2.24) is 0 Å². The van der Waals surface area contributed by atoms with Crippen molar-refractivity contribution in [2.24, 2.45) is 23.5 Å². The van der Waals surface area contributed by atoms with Gasteiger partial charge in [-0.25, -0.2) is 4.39 Å². The highest BCUT2D eigenvalue weighted by molar-refractivity contribution is 5.74. The number of amides is 1. The van der Waals surface area contributed by atoms with Gasteiger partial charge in [-0.3, -0.25) is 4.79 Å². The molecular weight excluding hydrogens is 373 g/mol. The first-order valence-corrected chi connectivity index (χ1v) is 11.5. The minimum atomic E-state index is -2.59. The number of rotatable bonds is 16. The zero-order valence-corrected chi connectivity index (χ0v) is 18.1. The van der Waals surface area contributed by atoms with E-state index >= 15 is 0 Å². The number of halogens is 1. The molecule has 0 aromatic carbocycles. The Hall–Kier alpha value is -0.980. The summed E-state index contributed by atoms with van der Waals surface area (Å²) in [5, 5.41) is 26.7. The van der Waals surface area contributed by atoms with Crippen LogP contribution in [0.5, 0.6) is 0 Å². The van der Waals surface area contributed by atoms with Gasteiger partial charge < -0.3 is 21.1 Å². The first-order valence-electron chi connectivity index (χ1n) is 11.5. The molecule has 1 rings (SSSR count). The molecule has 0 radical (unpaired) electrons. The minimum Gasteiger partial charge on any atom is -0.370 e. The smallest absolute Gasteiger partial charge is 0.275 e. The van der Waals surface area contributed by atoms with Gasteiger partial charge in [0.25, 0.3) is 5.97 Å². The molecule has 0 saturated heterocycles. The number of alkyl halides is 1. The second-order valence-electron chi connectivity index (χ2n) is 8.83. The van der Waals surface area contributed by atoms with Gasteiger partial charge in [0.1, 0.15) is 6.17 Å². The van der Waals surface area contributed by atoms with Crippen molar-refractivity contribution in [3.05, 3.63) is 12.2 Å². The predicted molar refractivity (Wildman–Crippen MR) is 113 cm³/mol. The van der Waals surface area contributed by atoms with Crippen LogP contribution in [0.2, 0.25) is 0 Å². The highest BCUT2D eigenvalue weighted by Gasteiger charge is 2.33. The highest BCUT2D eigenvalue weighted by atomic mass is 19.1. The van der Waals surface area contributed by atoms with E-state index < -0.39 is 12.1 Å². The molecule has 5 nitrogen and oxygen atoms in total. The first kappa shape index (κ1) is 26.1. The van der Waals surface area contributed by atoms with E-state index in [1.165, 1.54) is 0 Å². The van der Waals surface area contributed by atoms with Gasteiger partial charge in [0.05, 0.1) is 0 Å². The van der Waals surface area contributed by atoms with Gasteiger partial charge >= 0.3 is 0 Å². The quantitative estimate of drug-likeness (QED) is 0.171. The monoisotopic (exact) mass is 415 g/mol. The number of unbranched alkanes of at least 4 members (excludes halogenated alkanes) is 3. The summed E-state index contributed by atoms with van der Waals surface area (Å²) < 4.78 is 14.2. The zero-order chi connectivity index (χ0) is 21.7. The van der Waals surface area contributed by atoms with Crippen molar-refractivity contribution in [2.75, 3.05) is 0 Å². The third kappa shape index (κ3) is 12.3. The molecule has 0 aromatic heterocycles. The van der Waals surface area contributed by atoms with Crippen LogP contribution in [0.25, 0.3) is 0 Å². The summed E-state index contributed by atoms with van der Waals surface area (Å²) in [4.78, 5) is 11.6. The van der Waals surface area contributed by atoms with Gasteiger partial charge in [-0.15, -0.1) is 0 Å². The Kier molecular flexibility index (Phi) is 12.7. The van der Waals surface area contributed by atoms with Crippen molar-refractivity contribution in [3.63, 3.8) is 0 Å². The Morgan fingerprint density at radius 2 is 1.90 bits per heavy atom. The van der Waals surface area contributed by atoms with Crippen LogP contribution in [0.15, 0.2) is 12.2 Å². The summed E-state index contributed by atoms with van der Waals surface area (Å²) in [5.74, 6) is -1.82. The third-order valence-corrected chi connectivity index (χ3v) is 6.25. The zero-order valence-electron chi connectivity index (χ0n) is 18.1. The summed E-state index contributed by atoms with van der Waals surface area (Å²) in [6, 6.07) is 0. The Labute approximate surface area is 175 Å². The SMILES string of the molecule is CCCCC[C@H](F)CCC(CC(N)=O)[C@H]1CCC[C@@H]1CC=CCCCC(O)(O)O. The Balaban J connectivity index is 2.48. The van der Waals surface area contributed by atoms with Crippen molar-refractivity contribution < 1.29 is 24.5 Å². The second kappa shape index (κ2) is 14.1. The summed E-state index contributed by atoms with van der Waals surface area (Å²) in [6.45, 7) is 2.11. The lowest BCUT2D eigenvalue weighted by atomic mass is 9.77. The lowest BCUT2D eigenvalue weighted by Crippen LogP contribution is -2.26. The Morgan fingerprint density at radius 3 is 2.55 bits per heavy atom. The molecule has 170 valence electrons. The second-order valence-corrected chi connectivity index (χ2v) is 8.83. The summed E-state index contributed by atoms with van der Waals surface area (Å²) in [6.07, 6.45) is 14.0. The molecule has 1 amide bonds. The van der Waals surface area contributed by atoms with Crippen molar-refractivity contribution in [1.29, 1.82) is 0 Å². The van der Waals surface area contributed by atoms with Gasteiger partial charge in [-0.2, -0.15) is 0 Å². The molecule has 0 aliphatic heterocycles. The Bertz CT molecular complexity index is 478. The fraction of sp³-hybridized carbons (Fsp3) is 0.870. The molecule has 0 aromatic rings. The van der Waals surface area contributed by atoms with E-state index in [0.29, 0.717) is 43.9 Å². The number of nitrogens with two attached hydrogens (primary N) is 1.